The van der Waals surface area contributed by atoms with Crippen molar-refractivity contribution in [2.24, 2.45) is 0 Å². The Labute approximate surface area is 218 Å². The molecular formula is C28H38N6O3. The Morgan fingerprint density at radius 2 is 2.03 bits per heavy atom. The highest BCUT2D eigenvalue weighted by molar-refractivity contribution is 5.90. The minimum absolute atomic E-state index is 0.462. The first-order chi connectivity index (χ1) is 18.1. The summed E-state index contributed by atoms with van der Waals surface area (Å²) < 4.78 is 5.30. The highest BCUT2D eigenvalue weighted by atomic mass is 16.5. The summed E-state index contributed by atoms with van der Waals surface area (Å²) >= 11 is 0. The third kappa shape index (κ3) is 7.84. The van der Waals surface area contributed by atoms with E-state index in [1.807, 2.05) is 24.3 Å². The number of carbonyl (C=O) groups is 1. The maximum absolute atomic E-state index is 12.0. The van der Waals surface area contributed by atoms with E-state index in [9.17, 15) is 9.90 Å². The minimum atomic E-state index is -0.888. The van der Waals surface area contributed by atoms with Crippen molar-refractivity contribution in [3.05, 3.63) is 54.0 Å². The van der Waals surface area contributed by atoms with E-state index >= 15 is 0 Å². The number of nitrogens with one attached hydrogen (secondary N) is 2. The van der Waals surface area contributed by atoms with Crippen LogP contribution in [0.2, 0.25) is 0 Å². The van der Waals surface area contributed by atoms with Crippen molar-refractivity contribution in [3.63, 3.8) is 0 Å². The van der Waals surface area contributed by atoms with Crippen LogP contribution in [0.25, 0.3) is 10.9 Å². The van der Waals surface area contributed by atoms with Crippen molar-refractivity contribution in [1.29, 1.82) is 0 Å². The summed E-state index contributed by atoms with van der Waals surface area (Å²) in [5.41, 5.74) is 3.26. The average molecular weight is 507 g/mol. The van der Waals surface area contributed by atoms with Gasteiger partial charge in [-0.05, 0) is 68.8 Å². The number of unbranched alkanes of at least 4 members (excludes halogenated alkanes) is 2. The van der Waals surface area contributed by atoms with Gasteiger partial charge in [0.2, 0.25) is 0 Å². The van der Waals surface area contributed by atoms with Gasteiger partial charge in [-0.2, -0.15) is 0 Å². The van der Waals surface area contributed by atoms with Gasteiger partial charge in [-0.1, -0.05) is 24.6 Å². The number of aliphatic carboxylic acids is 1. The molecule has 3 heterocycles. The Hall–Kier alpha value is -3.30. The number of methoxy groups -OCH3 is 1. The lowest BCUT2D eigenvalue weighted by molar-refractivity contribution is -0.138. The van der Waals surface area contributed by atoms with Gasteiger partial charge in [-0.25, -0.2) is 19.7 Å². The second-order valence-electron chi connectivity index (χ2n) is 9.55. The van der Waals surface area contributed by atoms with Crippen molar-refractivity contribution in [1.82, 2.24) is 19.9 Å². The lowest BCUT2D eigenvalue weighted by atomic mass is 10.1. The molecule has 0 spiro atoms. The first-order valence-corrected chi connectivity index (χ1v) is 13.3. The molecule has 37 heavy (non-hydrogen) atoms. The summed E-state index contributed by atoms with van der Waals surface area (Å²) in [5.74, 6) is 0.722. The number of benzene rings is 1. The van der Waals surface area contributed by atoms with Crippen molar-refractivity contribution < 1.29 is 14.6 Å². The third-order valence-corrected chi connectivity index (χ3v) is 6.86. The van der Waals surface area contributed by atoms with Crippen LogP contribution in [0, 0.1) is 0 Å². The van der Waals surface area contributed by atoms with E-state index in [4.69, 9.17) is 9.72 Å². The molecule has 1 unspecified atom stereocenters. The number of ether oxygens (including phenoxy) is 1. The van der Waals surface area contributed by atoms with Crippen LogP contribution in [-0.4, -0.2) is 76.9 Å². The number of para-hydroxylation sites is 1. The van der Waals surface area contributed by atoms with E-state index in [0.29, 0.717) is 25.4 Å². The fourth-order valence-corrected chi connectivity index (χ4v) is 4.74. The Morgan fingerprint density at radius 1 is 1.14 bits per heavy atom. The molecule has 2 aromatic heterocycles. The molecule has 1 atom stereocenters. The topological polar surface area (TPSA) is 113 Å². The van der Waals surface area contributed by atoms with Crippen LogP contribution in [0.5, 0.6) is 0 Å². The molecule has 0 bridgehead atoms. The number of fused-ring (bicyclic) bond motifs is 2. The van der Waals surface area contributed by atoms with E-state index in [-0.39, 0.29) is 0 Å². The van der Waals surface area contributed by atoms with Gasteiger partial charge in [0.25, 0.3) is 0 Å². The number of hydrogen-bond donors (Lipinski definition) is 3. The highest BCUT2D eigenvalue weighted by Gasteiger charge is 2.20. The molecule has 1 aliphatic heterocycles. The van der Waals surface area contributed by atoms with E-state index in [0.717, 1.165) is 74.2 Å². The second kappa shape index (κ2) is 13.9. The van der Waals surface area contributed by atoms with E-state index in [1.165, 1.54) is 18.3 Å². The van der Waals surface area contributed by atoms with Crippen LogP contribution in [0.1, 0.15) is 43.4 Å². The lowest BCUT2D eigenvalue weighted by Crippen LogP contribution is -2.37. The van der Waals surface area contributed by atoms with Gasteiger partial charge in [0, 0.05) is 37.8 Å². The molecule has 198 valence electrons. The number of hydrogen-bond acceptors (Lipinski definition) is 8. The van der Waals surface area contributed by atoms with Crippen molar-refractivity contribution in [2.75, 3.05) is 50.5 Å². The SMILES string of the molecule is COCCN(CCCCCc1ccc2c(n1)NCCC2)CCC(Nc1ncnc2ccccc12)C(=O)O. The molecule has 0 aliphatic carbocycles. The zero-order chi connectivity index (χ0) is 25.9. The predicted molar refractivity (Wildman–Crippen MR) is 146 cm³/mol. The van der Waals surface area contributed by atoms with Gasteiger partial charge in [0.05, 0.1) is 12.1 Å². The normalized spacial score (nSPS) is 13.8. The molecule has 0 saturated heterocycles. The number of nitrogens with zero attached hydrogens (tertiary/aromatic N) is 4. The maximum atomic E-state index is 12.0. The van der Waals surface area contributed by atoms with E-state index < -0.39 is 12.0 Å². The molecule has 0 fully saturated rings. The Bertz CT molecular complexity index is 1150. The smallest absolute Gasteiger partial charge is 0.326 e. The van der Waals surface area contributed by atoms with Gasteiger partial charge in [0.15, 0.2) is 0 Å². The highest BCUT2D eigenvalue weighted by Crippen LogP contribution is 2.21. The number of carboxylic acids is 1. The number of pyridine rings is 1. The zero-order valence-corrected chi connectivity index (χ0v) is 21.7. The van der Waals surface area contributed by atoms with Gasteiger partial charge >= 0.3 is 5.97 Å². The van der Waals surface area contributed by atoms with Crippen molar-refractivity contribution in [3.8, 4) is 0 Å². The van der Waals surface area contributed by atoms with Crippen molar-refractivity contribution in [2.45, 2.75) is 51.0 Å². The average Bonchev–Trinajstić information content (AvgIpc) is 2.93. The summed E-state index contributed by atoms with van der Waals surface area (Å²) in [4.78, 5) is 27.7. The Morgan fingerprint density at radius 3 is 2.89 bits per heavy atom. The fourth-order valence-electron chi connectivity index (χ4n) is 4.74. The minimum Gasteiger partial charge on any atom is -0.480 e. The van der Waals surface area contributed by atoms with Crippen LogP contribution in [0.3, 0.4) is 0 Å². The summed E-state index contributed by atoms with van der Waals surface area (Å²) in [6.07, 6.45) is 8.43. The monoisotopic (exact) mass is 506 g/mol. The molecule has 9 heteroatoms. The largest absolute Gasteiger partial charge is 0.480 e. The van der Waals surface area contributed by atoms with Crippen LogP contribution in [0.15, 0.2) is 42.7 Å². The molecule has 1 aliphatic rings. The van der Waals surface area contributed by atoms with Gasteiger partial charge < -0.3 is 25.4 Å². The summed E-state index contributed by atoms with van der Waals surface area (Å²) in [5, 5.41) is 17.2. The fraction of sp³-hybridized carbons (Fsp3) is 0.500. The van der Waals surface area contributed by atoms with Gasteiger partial charge in [0.1, 0.15) is 24.0 Å². The maximum Gasteiger partial charge on any atom is 0.326 e. The predicted octanol–water partition coefficient (Wildman–Crippen LogP) is 4.00. The van der Waals surface area contributed by atoms with Crippen molar-refractivity contribution >= 4 is 28.5 Å². The molecule has 0 amide bonds. The van der Waals surface area contributed by atoms with Gasteiger partial charge in [-0.15, -0.1) is 0 Å². The Balaban J connectivity index is 1.25. The molecule has 4 rings (SSSR count). The van der Waals surface area contributed by atoms with Gasteiger partial charge in [-0.3, -0.25) is 0 Å². The van der Waals surface area contributed by atoms with Crippen LogP contribution in [0.4, 0.5) is 11.6 Å². The number of carboxylic acid groups (broad SMARTS) is 1. The van der Waals surface area contributed by atoms with Crippen LogP contribution < -0.4 is 10.6 Å². The Kier molecular flexibility index (Phi) is 10.0. The number of aromatic nitrogens is 3. The second-order valence-corrected chi connectivity index (χ2v) is 9.55. The third-order valence-electron chi connectivity index (χ3n) is 6.86. The molecule has 0 saturated carbocycles. The number of anilines is 2. The molecule has 3 aromatic rings. The molecule has 1 aromatic carbocycles. The van der Waals surface area contributed by atoms with E-state index in [1.54, 1.807) is 7.11 Å². The molecule has 0 radical (unpaired) electrons. The first-order valence-electron chi connectivity index (χ1n) is 13.3. The van der Waals surface area contributed by atoms with Crippen LogP contribution >= 0.6 is 0 Å². The molecular weight excluding hydrogens is 468 g/mol. The van der Waals surface area contributed by atoms with E-state index in [2.05, 4.69) is 37.6 Å². The molecule has 3 N–H and O–H groups in total. The molecule has 9 nitrogen and oxygen atoms in total. The number of aryl methyl sites for hydroxylation is 2. The summed E-state index contributed by atoms with van der Waals surface area (Å²) in [7, 11) is 1.69. The quantitative estimate of drug-likeness (QED) is 0.263. The summed E-state index contributed by atoms with van der Waals surface area (Å²) in [6.45, 7) is 3.97. The number of rotatable bonds is 15. The lowest BCUT2D eigenvalue weighted by Gasteiger charge is -2.24. The first kappa shape index (κ1) is 26.8. The van der Waals surface area contributed by atoms with Crippen LogP contribution in [-0.2, 0) is 22.4 Å². The standard InChI is InChI=1S/C28H38N6O3/c1-37-19-18-34(16-6-2-3-9-22-13-12-21-8-7-15-29-26(21)32-22)17-14-25(28(35)36)33-27-23-10-4-5-11-24(23)30-20-31-27/h4-5,10-13,20,25H,2-3,6-9,14-19H2,1H3,(H,29,32)(H,35,36)(H,30,31,33). The summed E-state index contributed by atoms with van der Waals surface area (Å²) in [6, 6.07) is 11.2. The zero-order valence-electron chi connectivity index (χ0n) is 21.7.